The van der Waals surface area contributed by atoms with Crippen molar-refractivity contribution in [2.24, 2.45) is 0 Å². The van der Waals surface area contributed by atoms with E-state index in [1.807, 2.05) is 24.3 Å². The molecule has 0 fully saturated rings. The van der Waals surface area contributed by atoms with Gasteiger partial charge in [-0.25, -0.2) is 13.1 Å². The molecule has 8 heteroatoms. The van der Waals surface area contributed by atoms with Crippen LogP contribution >= 0.6 is 39.1 Å². The van der Waals surface area contributed by atoms with Crippen molar-refractivity contribution in [3.05, 3.63) is 62.0 Å². The molecule has 0 bridgehead atoms. The molecule has 0 saturated carbocycles. The van der Waals surface area contributed by atoms with Crippen LogP contribution in [-0.4, -0.2) is 15.5 Å². The summed E-state index contributed by atoms with van der Waals surface area (Å²) in [7, 11) is -2.26. The number of halogens is 3. The monoisotopic (exact) mass is 437 g/mol. The van der Waals surface area contributed by atoms with E-state index in [9.17, 15) is 8.42 Å². The Bertz CT molecular complexity index is 789. The summed E-state index contributed by atoms with van der Waals surface area (Å²) in [4.78, 5) is -0.131. The summed E-state index contributed by atoms with van der Waals surface area (Å²) in [5.41, 5.74) is 1.73. The molecular weight excluding hydrogens is 425 g/mol. The highest BCUT2D eigenvalue weighted by molar-refractivity contribution is 9.10. The molecule has 0 heterocycles. The van der Waals surface area contributed by atoms with E-state index in [2.05, 4.69) is 20.7 Å². The van der Waals surface area contributed by atoms with Gasteiger partial charge in [-0.05, 0) is 23.3 Å². The smallest absolute Gasteiger partial charge is 0.243 e. The van der Waals surface area contributed by atoms with Gasteiger partial charge >= 0.3 is 0 Å². The zero-order valence-electron chi connectivity index (χ0n) is 12.1. The van der Waals surface area contributed by atoms with Gasteiger partial charge in [0.15, 0.2) is 0 Å². The quantitative estimate of drug-likeness (QED) is 0.727. The SMILES string of the molecule is COCc1ccccc1CNS(=O)(=O)c1c(Cl)cc(Br)cc1Cl. The lowest BCUT2D eigenvalue weighted by Crippen LogP contribution is -2.24. The second kappa shape index (κ2) is 7.96. The highest BCUT2D eigenvalue weighted by atomic mass is 79.9. The zero-order chi connectivity index (χ0) is 17.0. The fourth-order valence-corrected chi connectivity index (χ4v) is 5.00. The molecule has 0 amide bonds. The van der Waals surface area contributed by atoms with Crippen LogP contribution in [0.25, 0.3) is 0 Å². The molecule has 0 saturated heterocycles. The van der Waals surface area contributed by atoms with Crippen molar-refractivity contribution < 1.29 is 13.2 Å². The molecule has 2 aromatic rings. The average molecular weight is 439 g/mol. The van der Waals surface area contributed by atoms with Crippen molar-refractivity contribution in [2.45, 2.75) is 18.0 Å². The maximum absolute atomic E-state index is 12.5. The van der Waals surface area contributed by atoms with Crippen molar-refractivity contribution in [1.29, 1.82) is 0 Å². The van der Waals surface area contributed by atoms with Gasteiger partial charge in [-0.3, -0.25) is 0 Å². The van der Waals surface area contributed by atoms with E-state index in [4.69, 9.17) is 27.9 Å². The van der Waals surface area contributed by atoms with Crippen LogP contribution in [0.15, 0.2) is 45.8 Å². The van der Waals surface area contributed by atoms with Crippen molar-refractivity contribution in [3.8, 4) is 0 Å². The Kier molecular flexibility index (Phi) is 6.48. The number of methoxy groups -OCH3 is 1. The molecule has 0 radical (unpaired) electrons. The van der Waals surface area contributed by atoms with E-state index < -0.39 is 10.0 Å². The second-order valence-electron chi connectivity index (χ2n) is 4.72. The van der Waals surface area contributed by atoms with Crippen molar-refractivity contribution in [3.63, 3.8) is 0 Å². The highest BCUT2D eigenvalue weighted by Crippen LogP contribution is 2.32. The summed E-state index contributed by atoms with van der Waals surface area (Å²) in [6.45, 7) is 0.516. The summed E-state index contributed by atoms with van der Waals surface area (Å²) in [5.74, 6) is 0. The average Bonchev–Trinajstić information content (AvgIpc) is 2.45. The molecule has 0 atom stereocenters. The van der Waals surface area contributed by atoms with Gasteiger partial charge in [0, 0.05) is 18.1 Å². The Morgan fingerprint density at radius 3 is 2.26 bits per heavy atom. The lowest BCUT2D eigenvalue weighted by atomic mass is 10.1. The predicted octanol–water partition coefficient (Wildman–Crippen LogP) is 4.38. The van der Waals surface area contributed by atoms with Crippen molar-refractivity contribution in [2.75, 3.05) is 7.11 Å². The number of sulfonamides is 1. The largest absolute Gasteiger partial charge is 0.380 e. The molecule has 4 nitrogen and oxygen atoms in total. The van der Waals surface area contributed by atoms with Gasteiger partial charge in [-0.1, -0.05) is 63.4 Å². The Labute approximate surface area is 153 Å². The van der Waals surface area contributed by atoms with Crippen LogP contribution in [0.3, 0.4) is 0 Å². The molecule has 0 spiro atoms. The fourth-order valence-electron chi connectivity index (χ4n) is 2.06. The highest BCUT2D eigenvalue weighted by Gasteiger charge is 2.22. The molecule has 0 aliphatic heterocycles. The minimum absolute atomic E-state index is 0.0575. The van der Waals surface area contributed by atoms with Crippen LogP contribution in [0.4, 0.5) is 0 Å². The number of benzene rings is 2. The number of nitrogens with one attached hydrogen (secondary N) is 1. The molecule has 2 aromatic carbocycles. The summed E-state index contributed by atoms with van der Waals surface area (Å²) in [6.07, 6.45) is 0. The van der Waals surface area contributed by atoms with Crippen LogP contribution in [-0.2, 0) is 27.9 Å². The summed E-state index contributed by atoms with van der Waals surface area (Å²) >= 11 is 15.3. The lowest BCUT2D eigenvalue weighted by Gasteiger charge is -2.13. The molecule has 0 aromatic heterocycles. The first-order valence-corrected chi connectivity index (χ1v) is 9.58. The molecule has 0 unspecified atom stereocenters. The van der Waals surface area contributed by atoms with Crippen molar-refractivity contribution >= 4 is 49.2 Å². The van der Waals surface area contributed by atoms with Gasteiger partial charge in [0.25, 0.3) is 0 Å². The number of rotatable bonds is 6. The topological polar surface area (TPSA) is 55.4 Å². The van der Waals surface area contributed by atoms with E-state index >= 15 is 0 Å². The van der Waals surface area contributed by atoms with Gasteiger partial charge < -0.3 is 4.74 Å². The molecule has 124 valence electrons. The Balaban J connectivity index is 2.27. The van der Waals surface area contributed by atoms with Gasteiger partial charge in [-0.2, -0.15) is 0 Å². The van der Waals surface area contributed by atoms with Crippen molar-refractivity contribution in [1.82, 2.24) is 4.72 Å². The fraction of sp³-hybridized carbons (Fsp3) is 0.200. The van der Waals surface area contributed by atoms with Crippen LogP contribution in [0.2, 0.25) is 10.0 Å². The minimum atomic E-state index is -3.84. The van der Waals surface area contributed by atoms with Crippen LogP contribution in [0, 0.1) is 0 Å². The second-order valence-corrected chi connectivity index (χ2v) is 8.16. The predicted molar refractivity (Wildman–Crippen MR) is 95.3 cm³/mol. The van der Waals surface area contributed by atoms with E-state index in [1.54, 1.807) is 7.11 Å². The summed E-state index contributed by atoms with van der Waals surface area (Å²) in [5, 5.41) is 0.115. The first kappa shape index (κ1) is 18.7. The molecular formula is C15H14BrCl2NO3S. The van der Waals surface area contributed by atoms with Crippen LogP contribution < -0.4 is 4.72 Å². The molecule has 0 aliphatic rings. The molecule has 1 N–H and O–H groups in total. The Morgan fingerprint density at radius 2 is 1.70 bits per heavy atom. The standard InChI is InChI=1S/C15H14BrCl2NO3S/c1-22-9-11-5-3-2-4-10(11)8-19-23(20,21)15-13(17)6-12(16)7-14(15)18/h2-7,19H,8-9H2,1H3. The minimum Gasteiger partial charge on any atom is -0.380 e. The maximum Gasteiger partial charge on any atom is 0.243 e. The van der Waals surface area contributed by atoms with Gasteiger partial charge in [0.05, 0.1) is 16.7 Å². The van der Waals surface area contributed by atoms with Gasteiger partial charge in [0.2, 0.25) is 10.0 Å². The third kappa shape index (κ3) is 4.68. The third-order valence-electron chi connectivity index (χ3n) is 3.10. The molecule has 0 aliphatic carbocycles. The number of hydrogen-bond donors (Lipinski definition) is 1. The van der Waals surface area contributed by atoms with E-state index in [1.165, 1.54) is 12.1 Å². The summed E-state index contributed by atoms with van der Waals surface area (Å²) in [6, 6.07) is 10.4. The third-order valence-corrected chi connectivity index (χ3v) is 5.88. The Hall–Kier alpha value is -0.630. The van der Waals surface area contributed by atoms with E-state index in [-0.39, 0.29) is 21.5 Å². The Morgan fingerprint density at radius 1 is 1.13 bits per heavy atom. The first-order valence-electron chi connectivity index (χ1n) is 6.55. The molecule has 2 rings (SSSR count). The van der Waals surface area contributed by atoms with Gasteiger partial charge in [0.1, 0.15) is 4.90 Å². The molecule has 23 heavy (non-hydrogen) atoms. The maximum atomic E-state index is 12.5. The van der Waals surface area contributed by atoms with E-state index in [0.717, 1.165) is 11.1 Å². The number of hydrogen-bond acceptors (Lipinski definition) is 3. The summed E-state index contributed by atoms with van der Waals surface area (Å²) < 4.78 is 33.2. The lowest BCUT2D eigenvalue weighted by molar-refractivity contribution is 0.184. The van der Waals surface area contributed by atoms with Gasteiger partial charge in [-0.15, -0.1) is 0 Å². The van der Waals surface area contributed by atoms with Crippen LogP contribution in [0.5, 0.6) is 0 Å². The number of ether oxygens (including phenoxy) is 1. The zero-order valence-corrected chi connectivity index (χ0v) is 16.1. The normalized spacial score (nSPS) is 11.7. The van der Waals surface area contributed by atoms with E-state index in [0.29, 0.717) is 11.1 Å². The van der Waals surface area contributed by atoms with Crippen LogP contribution in [0.1, 0.15) is 11.1 Å². The first-order chi connectivity index (χ1) is 10.8.